The van der Waals surface area contributed by atoms with Gasteiger partial charge in [0.1, 0.15) is 12.3 Å². The molecule has 0 bridgehead atoms. The fourth-order valence-corrected chi connectivity index (χ4v) is 1.93. The summed E-state index contributed by atoms with van der Waals surface area (Å²) in [5.74, 6) is 0.455. The number of nitrogens with two attached hydrogens (primary N) is 1. The van der Waals surface area contributed by atoms with Crippen molar-refractivity contribution >= 4 is 17.3 Å². The molecule has 106 valence electrons. The maximum Gasteiger partial charge on any atom is 0.246 e. The van der Waals surface area contributed by atoms with Crippen molar-refractivity contribution in [3.05, 3.63) is 35.7 Å². The van der Waals surface area contributed by atoms with Crippen LogP contribution in [-0.2, 0) is 11.3 Å². The predicted molar refractivity (Wildman–Crippen MR) is 77.7 cm³/mol. The number of nitrogens with one attached hydrogen (secondary N) is 1. The van der Waals surface area contributed by atoms with Gasteiger partial charge < -0.3 is 15.8 Å². The Morgan fingerprint density at radius 2 is 2.15 bits per heavy atom. The topological polar surface area (TPSA) is 82.2 Å². The lowest BCUT2D eigenvalue weighted by Crippen LogP contribution is -2.20. The van der Waals surface area contributed by atoms with Crippen molar-refractivity contribution in [1.82, 2.24) is 9.78 Å². The van der Waals surface area contributed by atoms with Crippen LogP contribution in [0.15, 0.2) is 24.3 Å². The second-order valence-electron chi connectivity index (χ2n) is 4.59. The first kappa shape index (κ1) is 13.9. The fraction of sp³-hybridized carbons (Fsp3) is 0.286. The molecule has 0 saturated carbocycles. The average molecular weight is 274 g/mol. The largest absolute Gasteiger partial charge is 0.497 e. The van der Waals surface area contributed by atoms with Crippen molar-refractivity contribution in [2.45, 2.75) is 20.4 Å². The third-order valence-electron chi connectivity index (χ3n) is 2.93. The number of aryl methyl sites for hydroxylation is 2. The van der Waals surface area contributed by atoms with Crippen molar-refractivity contribution in [2.75, 3.05) is 18.2 Å². The van der Waals surface area contributed by atoms with E-state index in [1.807, 2.05) is 19.9 Å². The van der Waals surface area contributed by atoms with Crippen LogP contribution in [0.2, 0.25) is 0 Å². The highest BCUT2D eigenvalue weighted by molar-refractivity contribution is 5.94. The Morgan fingerprint density at radius 3 is 2.75 bits per heavy atom. The molecule has 1 heterocycles. The molecule has 0 radical (unpaired) electrons. The number of carbonyl (C=O) groups excluding carboxylic acids is 1. The Balaban J connectivity index is 2.10. The van der Waals surface area contributed by atoms with Gasteiger partial charge >= 0.3 is 0 Å². The summed E-state index contributed by atoms with van der Waals surface area (Å²) in [6.45, 7) is 3.95. The summed E-state index contributed by atoms with van der Waals surface area (Å²) < 4.78 is 6.76. The van der Waals surface area contributed by atoms with Gasteiger partial charge in [0.15, 0.2) is 0 Å². The molecular formula is C14H18N4O2. The van der Waals surface area contributed by atoms with E-state index < -0.39 is 0 Å². The van der Waals surface area contributed by atoms with Gasteiger partial charge in [-0.1, -0.05) is 0 Å². The number of nitrogens with zero attached hydrogens (tertiary/aromatic N) is 2. The summed E-state index contributed by atoms with van der Waals surface area (Å²) in [5, 5.41) is 7.01. The first-order chi connectivity index (χ1) is 9.49. The van der Waals surface area contributed by atoms with Gasteiger partial charge in [-0.25, -0.2) is 0 Å². The number of benzene rings is 1. The van der Waals surface area contributed by atoms with Gasteiger partial charge in [-0.3, -0.25) is 9.48 Å². The Bertz CT molecular complexity index is 634. The Hall–Kier alpha value is -2.50. The normalized spacial score (nSPS) is 10.3. The number of aromatic nitrogens is 2. The molecule has 0 fully saturated rings. The second kappa shape index (κ2) is 5.64. The van der Waals surface area contributed by atoms with Crippen molar-refractivity contribution < 1.29 is 9.53 Å². The van der Waals surface area contributed by atoms with Crippen LogP contribution in [0.4, 0.5) is 11.4 Å². The van der Waals surface area contributed by atoms with E-state index in [1.165, 1.54) is 0 Å². The summed E-state index contributed by atoms with van der Waals surface area (Å²) in [7, 11) is 1.56. The maximum absolute atomic E-state index is 12.0. The lowest BCUT2D eigenvalue weighted by Gasteiger charge is -2.10. The van der Waals surface area contributed by atoms with Crippen LogP contribution in [-0.4, -0.2) is 22.8 Å². The highest BCUT2D eigenvalue weighted by Gasteiger charge is 2.09. The Kier molecular flexibility index (Phi) is 3.93. The first-order valence-electron chi connectivity index (χ1n) is 6.24. The van der Waals surface area contributed by atoms with Gasteiger partial charge in [0.25, 0.3) is 0 Å². The average Bonchev–Trinajstić information content (AvgIpc) is 2.70. The summed E-state index contributed by atoms with van der Waals surface area (Å²) in [4.78, 5) is 12.0. The number of methoxy groups -OCH3 is 1. The van der Waals surface area contributed by atoms with Crippen LogP contribution in [0.3, 0.4) is 0 Å². The van der Waals surface area contributed by atoms with Gasteiger partial charge in [-0.15, -0.1) is 0 Å². The van der Waals surface area contributed by atoms with E-state index in [1.54, 1.807) is 30.0 Å². The summed E-state index contributed by atoms with van der Waals surface area (Å²) >= 11 is 0. The van der Waals surface area contributed by atoms with E-state index >= 15 is 0 Å². The molecule has 0 aliphatic rings. The molecule has 20 heavy (non-hydrogen) atoms. The van der Waals surface area contributed by atoms with Gasteiger partial charge in [-0.05, 0) is 32.0 Å². The first-order valence-corrected chi connectivity index (χ1v) is 6.24. The van der Waals surface area contributed by atoms with Crippen LogP contribution in [0, 0.1) is 13.8 Å². The van der Waals surface area contributed by atoms with Gasteiger partial charge in [0.2, 0.25) is 5.91 Å². The van der Waals surface area contributed by atoms with Crippen molar-refractivity contribution in [3.8, 4) is 5.75 Å². The number of anilines is 2. The lowest BCUT2D eigenvalue weighted by atomic mass is 10.2. The second-order valence-corrected chi connectivity index (χ2v) is 4.59. The van der Waals surface area contributed by atoms with Crippen LogP contribution < -0.4 is 15.8 Å². The standard InChI is InChI=1S/C14H18N4O2/c1-9-6-10(2)18(17-9)8-14(19)16-13-7-11(20-3)4-5-12(13)15/h4-7H,8,15H2,1-3H3,(H,16,19). The summed E-state index contributed by atoms with van der Waals surface area (Å²) in [5.41, 5.74) is 8.68. The molecule has 6 nitrogen and oxygen atoms in total. The summed E-state index contributed by atoms with van der Waals surface area (Å²) in [6, 6.07) is 7.05. The molecular weight excluding hydrogens is 256 g/mol. The quantitative estimate of drug-likeness (QED) is 0.832. The SMILES string of the molecule is COc1ccc(N)c(NC(=O)Cn2nc(C)cc2C)c1. The van der Waals surface area contributed by atoms with E-state index in [0.717, 1.165) is 11.4 Å². The van der Waals surface area contributed by atoms with E-state index in [2.05, 4.69) is 10.4 Å². The molecule has 0 aliphatic carbocycles. The molecule has 0 spiro atoms. The highest BCUT2D eigenvalue weighted by atomic mass is 16.5. The van der Waals surface area contributed by atoms with Crippen LogP contribution in [0.5, 0.6) is 5.75 Å². The third kappa shape index (κ3) is 3.09. The number of carbonyl (C=O) groups is 1. The van der Waals surface area contributed by atoms with Crippen molar-refractivity contribution in [1.29, 1.82) is 0 Å². The molecule has 6 heteroatoms. The minimum absolute atomic E-state index is 0.149. The zero-order valence-corrected chi connectivity index (χ0v) is 11.8. The molecule has 0 aliphatic heterocycles. The van der Waals surface area contributed by atoms with E-state index in [4.69, 9.17) is 10.5 Å². The van der Waals surface area contributed by atoms with Gasteiger partial charge in [0.05, 0.1) is 24.2 Å². The fourth-order valence-electron chi connectivity index (χ4n) is 1.93. The van der Waals surface area contributed by atoms with Crippen LogP contribution in [0.25, 0.3) is 0 Å². The molecule has 0 unspecified atom stereocenters. The zero-order chi connectivity index (χ0) is 14.7. The molecule has 2 aromatic rings. The molecule has 1 aromatic heterocycles. The molecule has 1 aromatic carbocycles. The van der Waals surface area contributed by atoms with Crippen molar-refractivity contribution in [3.63, 3.8) is 0 Å². The highest BCUT2D eigenvalue weighted by Crippen LogP contribution is 2.24. The molecule has 1 amide bonds. The minimum Gasteiger partial charge on any atom is -0.497 e. The Morgan fingerprint density at radius 1 is 1.40 bits per heavy atom. The third-order valence-corrected chi connectivity index (χ3v) is 2.93. The molecule has 0 atom stereocenters. The van der Waals surface area contributed by atoms with Gasteiger partial charge in [-0.2, -0.15) is 5.10 Å². The Labute approximate surface area is 117 Å². The molecule has 3 N–H and O–H groups in total. The lowest BCUT2D eigenvalue weighted by molar-refractivity contribution is -0.116. The number of ether oxygens (including phenoxy) is 1. The number of hydrogen-bond acceptors (Lipinski definition) is 4. The van der Waals surface area contributed by atoms with E-state index in [-0.39, 0.29) is 12.5 Å². The van der Waals surface area contributed by atoms with Crippen molar-refractivity contribution in [2.24, 2.45) is 0 Å². The number of amides is 1. The smallest absolute Gasteiger partial charge is 0.246 e. The number of hydrogen-bond donors (Lipinski definition) is 2. The maximum atomic E-state index is 12.0. The van der Waals surface area contributed by atoms with Crippen LogP contribution in [0.1, 0.15) is 11.4 Å². The summed E-state index contributed by atoms with van der Waals surface area (Å²) in [6.07, 6.45) is 0. The van der Waals surface area contributed by atoms with Crippen LogP contribution >= 0.6 is 0 Å². The molecule has 0 saturated heterocycles. The predicted octanol–water partition coefficient (Wildman–Crippen LogP) is 1.73. The zero-order valence-electron chi connectivity index (χ0n) is 11.8. The van der Waals surface area contributed by atoms with E-state index in [9.17, 15) is 4.79 Å². The monoisotopic (exact) mass is 274 g/mol. The minimum atomic E-state index is -0.184. The number of rotatable bonds is 4. The molecule has 2 rings (SSSR count). The van der Waals surface area contributed by atoms with E-state index in [0.29, 0.717) is 17.1 Å². The van der Waals surface area contributed by atoms with Gasteiger partial charge in [0, 0.05) is 11.8 Å². The number of nitrogen functional groups attached to an aromatic ring is 1.